The molecule has 1 aliphatic heterocycles. The van der Waals surface area contributed by atoms with E-state index in [-0.39, 0.29) is 0 Å². The molecule has 0 aliphatic carbocycles. The molecule has 2 atom stereocenters. The second-order valence-electron chi connectivity index (χ2n) is 5.20. The van der Waals surface area contributed by atoms with Gasteiger partial charge in [-0.25, -0.2) is 8.78 Å². The Bertz CT molecular complexity index is 383. The Labute approximate surface area is 112 Å². The molecule has 1 aromatic carbocycles. The standard InChI is InChI=1S/C15H20F2O2/c16-12-7-11(8-13(17)10-12)9-14(18)3-1-4-15-5-2-6-19-15/h7-8,10,14-15,18H,1-6,9H2. The lowest BCUT2D eigenvalue weighted by Gasteiger charge is -2.13. The van der Waals surface area contributed by atoms with Crippen LogP contribution in [0.4, 0.5) is 8.78 Å². The zero-order valence-electron chi connectivity index (χ0n) is 10.9. The van der Waals surface area contributed by atoms with E-state index in [1.807, 2.05) is 0 Å². The minimum Gasteiger partial charge on any atom is -0.393 e. The van der Waals surface area contributed by atoms with E-state index in [4.69, 9.17) is 4.74 Å². The number of benzene rings is 1. The fraction of sp³-hybridized carbons (Fsp3) is 0.600. The molecule has 0 amide bonds. The van der Waals surface area contributed by atoms with E-state index in [0.717, 1.165) is 38.4 Å². The maximum atomic E-state index is 13.0. The van der Waals surface area contributed by atoms with Crippen LogP contribution in [0.25, 0.3) is 0 Å². The average Bonchev–Trinajstić information content (AvgIpc) is 2.80. The van der Waals surface area contributed by atoms with Gasteiger partial charge in [0.1, 0.15) is 11.6 Å². The fourth-order valence-corrected chi connectivity index (χ4v) is 2.56. The van der Waals surface area contributed by atoms with Crippen LogP contribution in [0.2, 0.25) is 0 Å². The number of hydrogen-bond donors (Lipinski definition) is 1. The molecule has 1 aromatic rings. The molecule has 1 aliphatic rings. The fourth-order valence-electron chi connectivity index (χ4n) is 2.56. The lowest BCUT2D eigenvalue weighted by Crippen LogP contribution is -2.12. The summed E-state index contributed by atoms with van der Waals surface area (Å²) < 4.78 is 31.5. The van der Waals surface area contributed by atoms with Crippen molar-refractivity contribution in [2.75, 3.05) is 6.61 Å². The molecule has 1 N–H and O–H groups in total. The van der Waals surface area contributed by atoms with Gasteiger partial charge in [0.25, 0.3) is 0 Å². The van der Waals surface area contributed by atoms with Gasteiger partial charge in [-0.15, -0.1) is 0 Å². The van der Waals surface area contributed by atoms with Crippen LogP contribution in [0.3, 0.4) is 0 Å². The maximum Gasteiger partial charge on any atom is 0.126 e. The van der Waals surface area contributed by atoms with Gasteiger partial charge in [-0.05, 0) is 56.2 Å². The second kappa shape index (κ2) is 6.96. The van der Waals surface area contributed by atoms with Crippen molar-refractivity contribution < 1.29 is 18.6 Å². The Morgan fingerprint density at radius 1 is 1.26 bits per heavy atom. The van der Waals surface area contributed by atoms with Gasteiger partial charge in [0.05, 0.1) is 12.2 Å². The normalized spacial score (nSPS) is 20.7. The summed E-state index contributed by atoms with van der Waals surface area (Å²) in [5, 5.41) is 9.87. The van der Waals surface area contributed by atoms with Crippen molar-refractivity contribution >= 4 is 0 Å². The van der Waals surface area contributed by atoms with Gasteiger partial charge >= 0.3 is 0 Å². The first-order valence-corrected chi connectivity index (χ1v) is 6.88. The molecule has 4 heteroatoms. The first-order chi connectivity index (χ1) is 9.13. The molecule has 0 saturated carbocycles. The zero-order valence-corrected chi connectivity index (χ0v) is 10.9. The Morgan fingerprint density at radius 2 is 2.00 bits per heavy atom. The summed E-state index contributed by atoms with van der Waals surface area (Å²) in [5.74, 6) is -1.19. The van der Waals surface area contributed by atoms with Crippen molar-refractivity contribution in [2.45, 2.75) is 50.7 Å². The van der Waals surface area contributed by atoms with Crippen LogP contribution in [0, 0.1) is 11.6 Å². The number of aliphatic hydroxyl groups excluding tert-OH is 1. The van der Waals surface area contributed by atoms with Crippen molar-refractivity contribution in [3.63, 3.8) is 0 Å². The quantitative estimate of drug-likeness (QED) is 0.860. The molecular weight excluding hydrogens is 250 g/mol. The lowest BCUT2D eigenvalue weighted by atomic mass is 10.0. The van der Waals surface area contributed by atoms with Crippen LogP contribution in [-0.2, 0) is 11.2 Å². The second-order valence-corrected chi connectivity index (χ2v) is 5.20. The first-order valence-electron chi connectivity index (χ1n) is 6.88. The van der Waals surface area contributed by atoms with Gasteiger partial charge in [-0.2, -0.15) is 0 Å². The summed E-state index contributed by atoms with van der Waals surface area (Å²) in [6, 6.07) is 3.38. The predicted octanol–water partition coefficient (Wildman–Crippen LogP) is 3.22. The third kappa shape index (κ3) is 4.88. The largest absolute Gasteiger partial charge is 0.393 e. The van der Waals surface area contributed by atoms with E-state index >= 15 is 0 Å². The molecule has 0 spiro atoms. The maximum absolute atomic E-state index is 13.0. The SMILES string of the molecule is OC(CCCC1CCCO1)Cc1cc(F)cc(F)c1. The third-order valence-electron chi connectivity index (χ3n) is 3.48. The van der Waals surface area contributed by atoms with E-state index in [2.05, 4.69) is 0 Å². The van der Waals surface area contributed by atoms with E-state index in [9.17, 15) is 13.9 Å². The van der Waals surface area contributed by atoms with Crippen molar-refractivity contribution in [1.29, 1.82) is 0 Å². The molecule has 2 rings (SSSR count). The summed E-state index contributed by atoms with van der Waals surface area (Å²) in [5.41, 5.74) is 0.502. The van der Waals surface area contributed by atoms with Crippen LogP contribution in [-0.4, -0.2) is 23.9 Å². The summed E-state index contributed by atoms with van der Waals surface area (Å²) in [6.45, 7) is 0.843. The molecule has 0 aromatic heterocycles. The van der Waals surface area contributed by atoms with Crippen molar-refractivity contribution in [1.82, 2.24) is 0 Å². The van der Waals surface area contributed by atoms with Crippen LogP contribution < -0.4 is 0 Å². The topological polar surface area (TPSA) is 29.5 Å². The summed E-state index contributed by atoms with van der Waals surface area (Å²) in [6.07, 6.45) is 4.76. The van der Waals surface area contributed by atoms with Gasteiger partial charge < -0.3 is 9.84 Å². The van der Waals surface area contributed by atoms with Crippen LogP contribution >= 0.6 is 0 Å². The summed E-state index contributed by atoms with van der Waals surface area (Å²) in [7, 11) is 0. The summed E-state index contributed by atoms with van der Waals surface area (Å²) in [4.78, 5) is 0. The van der Waals surface area contributed by atoms with Gasteiger partial charge in [-0.3, -0.25) is 0 Å². The van der Waals surface area contributed by atoms with Gasteiger partial charge in [0.2, 0.25) is 0 Å². The highest BCUT2D eigenvalue weighted by Crippen LogP contribution is 2.19. The monoisotopic (exact) mass is 270 g/mol. The Kier molecular flexibility index (Phi) is 5.28. The third-order valence-corrected chi connectivity index (χ3v) is 3.48. The van der Waals surface area contributed by atoms with E-state index in [1.165, 1.54) is 12.1 Å². The molecule has 2 nitrogen and oxygen atoms in total. The van der Waals surface area contributed by atoms with E-state index < -0.39 is 17.7 Å². The Balaban J connectivity index is 1.72. The smallest absolute Gasteiger partial charge is 0.126 e. The molecule has 2 unspecified atom stereocenters. The van der Waals surface area contributed by atoms with Crippen molar-refractivity contribution in [3.8, 4) is 0 Å². The molecule has 106 valence electrons. The van der Waals surface area contributed by atoms with Crippen LogP contribution in [0.5, 0.6) is 0 Å². The van der Waals surface area contributed by atoms with Gasteiger partial charge in [0.15, 0.2) is 0 Å². The minimum atomic E-state index is -0.596. The highest BCUT2D eigenvalue weighted by molar-refractivity contribution is 5.18. The Morgan fingerprint density at radius 3 is 2.63 bits per heavy atom. The van der Waals surface area contributed by atoms with Crippen molar-refractivity contribution in [3.05, 3.63) is 35.4 Å². The average molecular weight is 270 g/mol. The molecule has 19 heavy (non-hydrogen) atoms. The zero-order chi connectivity index (χ0) is 13.7. The number of rotatable bonds is 6. The van der Waals surface area contributed by atoms with Crippen LogP contribution in [0.1, 0.15) is 37.7 Å². The number of halogens is 2. The number of ether oxygens (including phenoxy) is 1. The van der Waals surface area contributed by atoms with E-state index in [0.29, 0.717) is 24.5 Å². The molecule has 1 saturated heterocycles. The number of aliphatic hydroxyl groups is 1. The molecular formula is C15H20F2O2. The van der Waals surface area contributed by atoms with Crippen molar-refractivity contribution in [2.24, 2.45) is 0 Å². The first kappa shape index (κ1) is 14.4. The molecule has 1 fully saturated rings. The van der Waals surface area contributed by atoms with Gasteiger partial charge in [-0.1, -0.05) is 0 Å². The molecule has 0 bridgehead atoms. The minimum absolute atomic E-state index is 0.292. The predicted molar refractivity (Wildman–Crippen MR) is 68.9 cm³/mol. The lowest BCUT2D eigenvalue weighted by molar-refractivity contribution is 0.0945. The number of hydrogen-bond acceptors (Lipinski definition) is 2. The van der Waals surface area contributed by atoms with Crippen LogP contribution in [0.15, 0.2) is 18.2 Å². The molecule has 1 heterocycles. The Hall–Kier alpha value is -1.00. The summed E-state index contributed by atoms with van der Waals surface area (Å²) >= 11 is 0. The van der Waals surface area contributed by atoms with Gasteiger partial charge in [0, 0.05) is 12.7 Å². The highest BCUT2D eigenvalue weighted by atomic mass is 19.1. The van der Waals surface area contributed by atoms with E-state index in [1.54, 1.807) is 0 Å². The highest BCUT2D eigenvalue weighted by Gasteiger charge is 2.16. The molecule has 0 radical (unpaired) electrons.